The summed E-state index contributed by atoms with van der Waals surface area (Å²) >= 11 is 3.58. The first-order valence-electron chi connectivity index (χ1n) is 3.57. The summed E-state index contributed by atoms with van der Waals surface area (Å²) in [4.78, 5) is 21.8. The fraction of sp³-hybridized carbons (Fsp3) is 0.500. The first-order valence-corrected chi connectivity index (χ1v) is 4.02. The maximum Gasteiger partial charge on any atom is 0.251 e. The van der Waals surface area contributed by atoms with Gasteiger partial charge in [-0.25, -0.2) is 0 Å². The normalized spacial score (nSPS) is 21.2. The zero-order chi connectivity index (χ0) is 9.35. The van der Waals surface area contributed by atoms with Gasteiger partial charge in [0.15, 0.2) is 11.5 Å². The van der Waals surface area contributed by atoms with Crippen molar-refractivity contribution in [2.24, 2.45) is 0 Å². The fourth-order valence-electron chi connectivity index (χ4n) is 1.09. The number of ketones is 1. The van der Waals surface area contributed by atoms with Gasteiger partial charge in [0.05, 0.1) is 0 Å². The van der Waals surface area contributed by atoms with Gasteiger partial charge in [0.25, 0.3) is 5.12 Å². The van der Waals surface area contributed by atoms with Gasteiger partial charge >= 0.3 is 0 Å². The minimum absolute atomic E-state index is 0.0413. The van der Waals surface area contributed by atoms with Crippen molar-refractivity contribution in [3.05, 3.63) is 11.8 Å². The Morgan fingerprint density at radius 2 is 2.25 bits per heavy atom. The van der Waals surface area contributed by atoms with E-state index in [-0.39, 0.29) is 11.5 Å². The van der Waals surface area contributed by atoms with Crippen molar-refractivity contribution >= 4 is 23.5 Å². The molecule has 0 radical (unpaired) electrons. The van der Waals surface area contributed by atoms with Gasteiger partial charge in [-0.2, -0.15) is 0 Å². The van der Waals surface area contributed by atoms with Crippen LogP contribution in [0.2, 0.25) is 0 Å². The minimum Gasteiger partial charge on any atom is -0.483 e. The van der Waals surface area contributed by atoms with E-state index in [1.807, 2.05) is 0 Å². The Balaban J connectivity index is 2.91. The molecule has 0 amide bonds. The number of rotatable bonds is 1. The molecule has 1 aliphatic rings. The highest BCUT2D eigenvalue weighted by atomic mass is 32.1. The summed E-state index contributed by atoms with van der Waals surface area (Å²) in [6.45, 7) is 3.52. The topological polar surface area (TPSA) is 43.4 Å². The zero-order valence-electron chi connectivity index (χ0n) is 6.96. The lowest BCUT2D eigenvalue weighted by molar-refractivity contribution is -0.126. The SMILES string of the molecule is CC1(C)CC(=O)C=C(C(=O)S)O1. The zero-order valence-corrected chi connectivity index (χ0v) is 7.85. The molecule has 0 spiro atoms. The van der Waals surface area contributed by atoms with E-state index in [1.165, 1.54) is 6.08 Å². The van der Waals surface area contributed by atoms with Crippen LogP contribution in [0.1, 0.15) is 20.3 Å². The summed E-state index contributed by atoms with van der Waals surface area (Å²) < 4.78 is 5.22. The van der Waals surface area contributed by atoms with E-state index in [0.29, 0.717) is 6.42 Å². The highest BCUT2D eigenvalue weighted by molar-refractivity contribution is 7.97. The second kappa shape index (κ2) is 2.94. The highest BCUT2D eigenvalue weighted by Crippen LogP contribution is 2.25. The van der Waals surface area contributed by atoms with Crippen molar-refractivity contribution in [2.75, 3.05) is 0 Å². The molecule has 0 saturated carbocycles. The third-order valence-electron chi connectivity index (χ3n) is 1.49. The molecule has 0 aromatic heterocycles. The number of hydrogen-bond acceptors (Lipinski definition) is 3. The summed E-state index contributed by atoms with van der Waals surface area (Å²) in [5.41, 5.74) is -0.584. The molecule has 12 heavy (non-hydrogen) atoms. The van der Waals surface area contributed by atoms with Crippen molar-refractivity contribution in [2.45, 2.75) is 25.9 Å². The molecule has 0 aromatic carbocycles. The van der Waals surface area contributed by atoms with E-state index >= 15 is 0 Å². The van der Waals surface area contributed by atoms with Crippen LogP contribution in [0.4, 0.5) is 0 Å². The standard InChI is InChI=1S/C8H10O3S/c1-8(2)4-5(9)3-6(11-8)7(10)12/h3H,4H2,1-2H3,(H,10,12). The first-order chi connectivity index (χ1) is 5.41. The van der Waals surface area contributed by atoms with E-state index in [2.05, 4.69) is 12.6 Å². The molecule has 1 rings (SSSR count). The van der Waals surface area contributed by atoms with Crippen molar-refractivity contribution < 1.29 is 14.3 Å². The van der Waals surface area contributed by atoms with Gasteiger partial charge in [0, 0.05) is 12.5 Å². The van der Waals surface area contributed by atoms with Gasteiger partial charge in [-0.1, -0.05) is 12.6 Å². The van der Waals surface area contributed by atoms with Gasteiger partial charge in [0.2, 0.25) is 0 Å². The smallest absolute Gasteiger partial charge is 0.251 e. The summed E-state index contributed by atoms with van der Waals surface area (Å²) in [7, 11) is 0. The molecule has 1 aliphatic heterocycles. The maximum absolute atomic E-state index is 11.1. The van der Waals surface area contributed by atoms with Crippen LogP contribution in [-0.2, 0) is 14.3 Å². The predicted molar refractivity (Wildman–Crippen MR) is 46.9 cm³/mol. The van der Waals surface area contributed by atoms with Gasteiger partial charge in [-0.15, -0.1) is 0 Å². The van der Waals surface area contributed by atoms with Gasteiger partial charge in [0.1, 0.15) is 5.60 Å². The van der Waals surface area contributed by atoms with Crippen LogP contribution in [0.3, 0.4) is 0 Å². The van der Waals surface area contributed by atoms with Crippen LogP contribution in [0, 0.1) is 0 Å². The Hall–Kier alpha value is -0.770. The van der Waals surface area contributed by atoms with Gasteiger partial charge in [-0.3, -0.25) is 9.59 Å². The van der Waals surface area contributed by atoms with Crippen LogP contribution in [0.25, 0.3) is 0 Å². The molecule has 0 unspecified atom stereocenters. The first kappa shape index (κ1) is 9.32. The van der Waals surface area contributed by atoms with Crippen LogP contribution in [0.15, 0.2) is 11.8 Å². The molecule has 4 heteroatoms. The molecule has 66 valence electrons. The summed E-state index contributed by atoms with van der Waals surface area (Å²) in [5, 5.41) is -0.504. The van der Waals surface area contributed by atoms with Crippen molar-refractivity contribution in [3.8, 4) is 0 Å². The molecule has 0 aromatic rings. The number of carbonyl (C=O) groups is 2. The van der Waals surface area contributed by atoms with E-state index < -0.39 is 10.7 Å². The predicted octanol–water partition coefficient (Wildman–Crippen LogP) is 1.09. The molecular weight excluding hydrogens is 176 g/mol. The number of hydrogen-bond donors (Lipinski definition) is 1. The van der Waals surface area contributed by atoms with Crippen molar-refractivity contribution in [3.63, 3.8) is 0 Å². The molecule has 0 N–H and O–H groups in total. The lowest BCUT2D eigenvalue weighted by Crippen LogP contribution is -2.32. The number of thiol groups is 1. The average molecular weight is 186 g/mol. The molecular formula is C8H10O3S. The summed E-state index contributed by atoms with van der Waals surface area (Å²) in [5.74, 6) is -0.0526. The number of ether oxygens (including phenoxy) is 1. The maximum atomic E-state index is 11.1. The third kappa shape index (κ3) is 2.11. The molecule has 1 heterocycles. The van der Waals surface area contributed by atoms with Crippen LogP contribution in [0.5, 0.6) is 0 Å². The van der Waals surface area contributed by atoms with Crippen molar-refractivity contribution in [1.82, 2.24) is 0 Å². The molecule has 3 nitrogen and oxygen atoms in total. The van der Waals surface area contributed by atoms with E-state index in [9.17, 15) is 9.59 Å². The van der Waals surface area contributed by atoms with Gasteiger partial charge in [-0.05, 0) is 13.8 Å². The Labute approximate surface area is 76.2 Å². The Kier molecular flexibility index (Phi) is 2.28. The third-order valence-corrected chi connectivity index (χ3v) is 1.71. The Bertz CT molecular complexity index is 265. The molecule has 0 atom stereocenters. The highest BCUT2D eigenvalue weighted by Gasteiger charge is 2.30. The summed E-state index contributed by atoms with van der Waals surface area (Å²) in [6, 6.07) is 0. The van der Waals surface area contributed by atoms with E-state index in [0.717, 1.165) is 0 Å². The Morgan fingerprint density at radius 1 is 1.67 bits per heavy atom. The monoisotopic (exact) mass is 186 g/mol. The van der Waals surface area contributed by atoms with Crippen LogP contribution >= 0.6 is 12.6 Å². The van der Waals surface area contributed by atoms with E-state index in [4.69, 9.17) is 4.74 Å². The second-order valence-electron chi connectivity index (χ2n) is 3.32. The average Bonchev–Trinajstić information content (AvgIpc) is 1.82. The van der Waals surface area contributed by atoms with Crippen molar-refractivity contribution in [1.29, 1.82) is 0 Å². The number of allylic oxidation sites excluding steroid dienone is 1. The fourth-order valence-corrected chi connectivity index (χ4v) is 1.20. The largest absolute Gasteiger partial charge is 0.483 e. The quantitative estimate of drug-likeness (QED) is 0.623. The molecule has 0 saturated heterocycles. The van der Waals surface area contributed by atoms with Crippen LogP contribution in [-0.4, -0.2) is 16.5 Å². The minimum atomic E-state index is -0.584. The van der Waals surface area contributed by atoms with Gasteiger partial charge < -0.3 is 4.74 Å². The van der Waals surface area contributed by atoms with Crippen LogP contribution < -0.4 is 0 Å². The molecule has 0 fully saturated rings. The molecule has 0 aliphatic carbocycles. The second-order valence-corrected chi connectivity index (χ2v) is 3.72. The molecule has 0 bridgehead atoms. The summed E-state index contributed by atoms with van der Waals surface area (Å²) in [6.07, 6.45) is 1.50. The Morgan fingerprint density at radius 3 is 2.67 bits per heavy atom. The number of carbonyl (C=O) groups excluding carboxylic acids is 2. The lowest BCUT2D eigenvalue weighted by atomic mass is 9.99. The lowest BCUT2D eigenvalue weighted by Gasteiger charge is -2.29. The van der Waals surface area contributed by atoms with E-state index in [1.54, 1.807) is 13.8 Å².